The van der Waals surface area contributed by atoms with Crippen molar-refractivity contribution in [3.63, 3.8) is 0 Å². The van der Waals surface area contributed by atoms with Gasteiger partial charge >= 0.3 is 0 Å². The van der Waals surface area contributed by atoms with Crippen molar-refractivity contribution in [2.75, 3.05) is 0 Å². The van der Waals surface area contributed by atoms with E-state index in [-0.39, 0.29) is 5.78 Å². The first-order chi connectivity index (χ1) is 9.74. The molecule has 3 heteroatoms. The van der Waals surface area contributed by atoms with E-state index in [2.05, 4.69) is 0 Å². The molecular formula is C17H17NO2. The van der Waals surface area contributed by atoms with Crippen molar-refractivity contribution >= 4 is 5.78 Å². The Morgan fingerprint density at radius 2 is 1.85 bits per heavy atom. The lowest BCUT2D eigenvalue weighted by atomic mass is 9.98. The minimum atomic E-state index is -0.632. The molecule has 102 valence electrons. The van der Waals surface area contributed by atoms with Crippen LogP contribution in [0.4, 0.5) is 0 Å². The second kappa shape index (κ2) is 5.47. The van der Waals surface area contributed by atoms with Crippen molar-refractivity contribution in [1.29, 1.82) is 0 Å². The van der Waals surface area contributed by atoms with E-state index in [1.165, 1.54) is 0 Å². The summed E-state index contributed by atoms with van der Waals surface area (Å²) in [7, 11) is 0. The Bertz CT molecular complexity index is 605. The number of benzene rings is 2. The predicted molar refractivity (Wildman–Crippen MR) is 77.8 cm³/mol. The molecule has 1 aliphatic rings. The lowest BCUT2D eigenvalue weighted by Crippen LogP contribution is -2.21. The summed E-state index contributed by atoms with van der Waals surface area (Å²) in [5.74, 6) is 0.663. The Morgan fingerprint density at radius 1 is 1.10 bits per heavy atom. The minimum Gasteiger partial charge on any atom is -0.490 e. The van der Waals surface area contributed by atoms with Crippen LogP contribution in [-0.2, 0) is 0 Å². The van der Waals surface area contributed by atoms with Crippen molar-refractivity contribution in [2.45, 2.75) is 25.0 Å². The van der Waals surface area contributed by atoms with Crippen LogP contribution < -0.4 is 10.5 Å². The van der Waals surface area contributed by atoms with Crippen LogP contribution in [0.5, 0.6) is 5.75 Å². The van der Waals surface area contributed by atoms with Gasteiger partial charge in [-0.3, -0.25) is 4.79 Å². The van der Waals surface area contributed by atoms with E-state index in [0.717, 1.165) is 24.2 Å². The standard InChI is InChI=1S/C17H17NO2/c18-16(12-5-2-1-3-6-12)17(19)13-7-4-8-15(11-13)20-14-9-10-14/h1-8,11,14,16H,9-10,18H2. The molecule has 2 N–H and O–H groups in total. The molecule has 1 saturated carbocycles. The molecule has 0 spiro atoms. The van der Waals surface area contributed by atoms with Gasteiger partial charge in [-0.1, -0.05) is 42.5 Å². The maximum atomic E-state index is 12.4. The van der Waals surface area contributed by atoms with Crippen molar-refractivity contribution < 1.29 is 9.53 Å². The molecule has 0 aliphatic heterocycles. The fourth-order valence-corrected chi connectivity index (χ4v) is 2.09. The van der Waals surface area contributed by atoms with Gasteiger partial charge in [-0.15, -0.1) is 0 Å². The van der Waals surface area contributed by atoms with Crippen LogP contribution in [-0.4, -0.2) is 11.9 Å². The van der Waals surface area contributed by atoms with Crippen LogP contribution in [0.3, 0.4) is 0 Å². The molecule has 1 atom stereocenters. The number of carbonyl (C=O) groups is 1. The molecule has 3 rings (SSSR count). The molecule has 20 heavy (non-hydrogen) atoms. The summed E-state index contributed by atoms with van der Waals surface area (Å²) in [6.45, 7) is 0. The van der Waals surface area contributed by atoms with Gasteiger partial charge in [0.2, 0.25) is 0 Å². The molecule has 0 amide bonds. The molecule has 2 aromatic rings. The summed E-state index contributed by atoms with van der Waals surface area (Å²) in [4.78, 5) is 12.4. The number of rotatable bonds is 5. The van der Waals surface area contributed by atoms with Crippen molar-refractivity contribution in [3.05, 3.63) is 65.7 Å². The Labute approximate surface area is 118 Å². The highest BCUT2D eigenvalue weighted by atomic mass is 16.5. The van der Waals surface area contributed by atoms with E-state index >= 15 is 0 Å². The lowest BCUT2D eigenvalue weighted by molar-refractivity contribution is 0.0961. The van der Waals surface area contributed by atoms with Gasteiger partial charge in [0.1, 0.15) is 5.75 Å². The first-order valence-electron chi connectivity index (χ1n) is 6.85. The van der Waals surface area contributed by atoms with E-state index in [9.17, 15) is 4.79 Å². The molecule has 3 nitrogen and oxygen atoms in total. The maximum absolute atomic E-state index is 12.4. The van der Waals surface area contributed by atoms with Gasteiger partial charge in [-0.25, -0.2) is 0 Å². The quantitative estimate of drug-likeness (QED) is 0.847. The number of ether oxygens (including phenoxy) is 1. The van der Waals surface area contributed by atoms with Gasteiger partial charge in [0.05, 0.1) is 12.1 Å². The lowest BCUT2D eigenvalue weighted by Gasteiger charge is -2.12. The molecule has 0 heterocycles. The van der Waals surface area contributed by atoms with E-state index in [4.69, 9.17) is 10.5 Å². The zero-order valence-electron chi connectivity index (χ0n) is 11.2. The number of ketones is 1. The molecule has 2 aromatic carbocycles. The predicted octanol–water partition coefficient (Wildman–Crippen LogP) is 3.11. The fraction of sp³-hybridized carbons (Fsp3) is 0.235. The first kappa shape index (κ1) is 12.9. The van der Waals surface area contributed by atoms with Gasteiger partial charge in [-0.05, 0) is 30.5 Å². The van der Waals surface area contributed by atoms with Crippen molar-refractivity contribution in [3.8, 4) is 5.75 Å². The van der Waals surface area contributed by atoms with Gasteiger partial charge in [0.15, 0.2) is 5.78 Å². The molecule has 0 aromatic heterocycles. The average Bonchev–Trinajstić information content (AvgIpc) is 3.31. The number of hydrogen-bond acceptors (Lipinski definition) is 3. The molecule has 0 bridgehead atoms. The summed E-state index contributed by atoms with van der Waals surface area (Å²) in [5.41, 5.74) is 7.47. The normalized spacial score (nSPS) is 15.7. The van der Waals surface area contributed by atoms with Gasteiger partial charge in [-0.2, -0.15) is 0 Å². The summed E-state index contributed by atoms with van der Waals surface area (Å²) in [5, 5.41) is 0. The summed E-state index contributed by atoms with van der Waals surface area (Å²) < 4.78 is 5.71. The second-order valence-electron chi connectivity index (χ2n) is 5.10. The highest BCUT2D eigenvalue weighted by Crippen LogP contribution is 2.27. The highest BCUT2D eigenvalue weighted by molar-refractivity contribution is 6.00. The van der Waals surface area contributed by atoms with Gasteiger partial charge in [0, 0.05) is 5.56 Å². The molecule has 1 unspecified atom stereocenters. The maximum Gasteiger partial charge on any atom is 0.184 e. The zero-order chi connectivity index (χ0) is 13.9. The summed E-state index contributed by atoms with van der Waals surface area (Å²) in [6.07, 6.45) is 2.52. The van der Waals surface area contributed by atoms with Crippen LogP contribution in [0.15, 0.2) is 54.6 Å². The van der Waals surface area contributed by atoms with E-state index in [1.54, 1.807) is 12.1 Å². The third kappa shape index (κ3) is 2.89. The van der Waals surface area contributed by atoms with Crippen LogP contribution in [0.1, 0.15) is 34.8 Å². The Hall–Kier alpha value is -2.13. The fourth-order valence-electron chi connectivity index (χ4n) is 2.09. The summed E-state index contributed by atoms with van der Waals surface area (Å²) >= 11 is 0. The molecular weight excluding hydrogens is 250 g/mol. The zero-order valence-corrected chi connectivity index (χ0v) is 11.2. The van der Waals surface area contributed by atoms with E-state index < -0.39 is 6.04 Å². The van der Waals surface area contributed by atoms with Crippen molar-refractivity contribution in [1.82, 2.24) is 0 Å². The number of hydrogen-bond donors (Lipinski definition) is 1. The number of Topliss-reactive ketones (excluding diaryl/α,β-unsaturated/α-hetero) is 1. The smallest absolute Gasteiger partial charge is 0.184 e. The van der Waals surface area contributed by atoms with Gasteiger partial charge in [0.25, 0.3) is 0 Å². The van der Waals surface area contributed by atoms with Crippen LogP contribution in [0.2, 0.25) is 0 Å². The number of carbonyl (C=O) groups excluding carboxylic acids is 1. The molecule has 1 aliphatic carbocycles. The third-order valence-corrected chi connectivity index (χ3v) is 3.39. The SMILES string of the molecule is NC(C(=O)c1cccc(OC2CC2)c1)c1ccccc1. The highest BCUT2D eigenvalue weighted by Gasteiger charge is 2.24. The average molecular weight is 267 g/mol. The van der Waals surface area contributed by atoms with E-state index in [1.807, 2.05) is 42.5 Å². The van der Waals surface area contributed by atoms with Gasteiger partial charge < -0.3 is 10.5 Å². The topological polar surface area (TPSA) is 52.3 Å². The van der Waals surface area contributed by atoms with Crippen LogP contribution in [0.25, 0.3) is 0 Å². The second-order valence-corrected chi connectivity index (χ2v) is 5.10. The minimum absolute atomic E-state index is 0.0857. The largest absolute Gasteiger partial charge is 0.490 e. The molecule has 0 saturated heterocycles. The third-order valence-electron chi connectivity index (χ3n) is 3.39. The number of nitrogens with two attached hydrogens (primary N) is 1. The molecule has 0 radical (unpaired) electrons. The Morgan fingerprint density at radius 3 is 2.55 bits per heavy atom. The monoisotopic (exact) mass is 267 g/mol. The van der Waals surface area contributed by atoms with E-state index in [0.29, 0.717) is 11.7 Å². The van der Waals surface area contributed by atoms with Crippen molar-refractivity contribution in [2.24, 2.45) is 5.73 Å². The Kier molecular flexibility index (Phi) is 3.52. The summed E-state index contributed by atoms with van der Waals surface area (Å²) in [6, 6.07) is 16.1. The van der Waals surface area contributed by atoms with Crippen LogP contribution >= 0.6 is 0 Å². The van der Waals surface area contributed by atoms with Crippen LogP contribution in [0, 0.1) is 0 Å². The first-order valence-corrected chi connectivity index (χ1v) is 6.85. The molecule has 1 fully saturated rings. The Balaban J connectivity index is 1.79.